The summed E-state index contributed by atoms with van der Waals surface area (Å²) in [4.78, 5) is 13.1. The quantitative estimate of drug-likeness (QED) is 0.790. The largest absolute Gasteiger partial charge is 0.508 e. The number of aromatic hydroxyl groups is 1. The summed E-state index contributed by atoms with van der Waals surface area (Å²) in [5, 5.41) is 18.6. The maximum atomic E-state index is 11.2. The molecule has 84 valence electrons. The first-order valence-corrected chi connectivity index (χ1v) is 5.47. The average molecular weight is 219 g/mol. The van der Waals surface area contributed by atoms with Crippen LogP contribution in [0.2, 0.25) is 0 Å². The molecule has 0 radical (unpaired) electrons. The van der Waals surface area contributed by atoms with E-state index in [0.717, 1.165) is 18.5 Å². The van der Waals surface area contributed by atoms with Crippen LogP contribution in [0.15, 0.2) is 24.3 Å². The van der Waals surface area contributed by atoms with Crippen molar-refractivity contribution in [1.82, 2.24) is 0 Å². The average Bonchev–Trinajstić information content (AvgIpc) is 2.70. The lowest BCUT2D eigenvalue weighted by Gasteiger charge is -2.27. The molecule has 3 aliphatic rings. The standard InChI is InChI=1S/C12H13NO3/c14-10-3-1-2-8(6-10)13-9-4-7(5-9)11(13)12(15)16/h1-3,6-7,9,11,14H,4-5H2,(H,15,16). The number of carbonyl (C=O) groups is 1. The van der Waals surface area contributed by atoms with E-state index in [-0.39, 0.29) is 11.7 Å². The molecule has 1 atom stereocenters. The Balaban J connectivity index is 1.97. The van der Waals surface area contributed by atoms with Gasteiger partial charge in [0.1, 0.15) is 11.8 Å². The van der Waals surface area contributed by atoms with Gasteiger partial charge in [0.2, 0.25) is 0 Å². The Morgan fingerprint density at radius 2 is 2.12 bits per heavy atom. The summed E-state index contributed by atoms with van der Waals surface area (Å²) < 4.78 is 0. The number of phenolic OH excluding ortho intramolecular Hbond substituents is 1. The molecule has 2 bridgehead atoms. The van der Waals surface area contributed by atoms with Crippen LogP contribution in [-0.4, -0.2) is 28.3 Å². The zero-order valence-electron chi connectivity index (χ0n) is 8.71. The summed E-state index contributed by atoms with van der Waals surface area (Å²) in [7, 11) is 0. The second kappa shape index (κ2) is 3.14. The number of fused-ring (bicyclic) bond motifs is 1. The van der Waals surface area contributed by atoms with E-state index < -0.39 is 12.0 Å². The molecule has 2 heterocycles. The normalized spacial score (nSPS) is 31.2. The van der Waals surface area contributed by atoms with Crippen molar-refractivity contribution in [2.45, 2.75) is 24.9 Å². The van der Waals surface area contributed by atoms with Gasteiger partial charge in [-0.25, -0.2) is 4.79 Å². The molecule has 0 aromatic heterocycles. The summed E-state index contributed by atoms with van der Waals surface area (Å²) in [6, 6.07) is 6.77. The van der Waals surface area contributed by atoms with Crippen LogP contribution in [0.4, 0.5) is 5.69 Å². The number of phenols is 1. The highest BCUT2D eigenvalue weighted by Gasteiger charge is 2.53. The third-order valence-corrected chi connectivity index (χ3v) is 3.67. The number of hydrogen-bond acceptors (Lipinski definition) is 3. The van der Waals surface area contributed by atoms with Crippen molar-refractivity contribution in [2.75, 3.05) is 4.90 Å². The monoisotopic (exact) mass is 219 g/mol. The highest BCUT2D eigenvalue weighted by atomic mass is 16.4. The predicted molar refractivity (Wildman–Crippen MR) is 58.5 cm³/mol. The van der Waals surface area contributed by atoms with Gasteiger partial charge in [0.25, 0.3) is 0 Å². The molecular formula is C12H13NO3. The molecule has 1 aliphatic carbocycles. The number of anilines is 1. The van der Waals surface area contributed by atoms with Crippen molar-refractivity contribution in [3.8, 4) is 5.75 Å². The van der Waals surface area contributed by atoms with Crippen LogP contribution in [0.25, 0.3) is 0 Å². The summed E-state index contributed by atoms with van der Waals surface area (Å²) in [6.45, 7) is 0. The van der Waals surface area contributed by atoms with Crippen LogP contribution in [0.3, 0.4) is 0 Å². The minimum Gasteiger partial charge on any atom is -0.508 e. The van der Waals surface area contributed by atoms with E-state index in [9.17, 15) is 15.0 Å². The van der Waals surface area contributed by atoms with E-state index in [1.54, 1.807) is 18.2 Å². The van der Waals surface area contributed by atoms with Gasteiger partial charge in [-0.05, 0) is 30.9 Å². The number of benzene rings is 1. The maximum Gasteiger partial charge on any atom is 0.326 e. The second-order valence-corrected chi connectivity index (χ2v) is 4.60. The molecule has 3 fully saturated rings. The van der Waals surface area contributed by atoms with E-state index in [2.05, 4.69) is 0 Å². The number of carboxylic acid groups (broad SMARTS) is 1. The molecule has 1 aromatic rings. The van der Waals surface area contributed by atoms with Gasteiger partial charge < -0.3 is 15.1 Å². The minimum atomic E-state index is -0.756. The Hall–Kier alpha value is -1.71. The van der Waals surface area contributed by atoms with Crippen LogP contribution in [-0.2, 0) is 4.79 Å². The number of hydrogen-bond donors (Lipinski definition) is 2. The third kappa shape index (κ3) is 1.19. The van der Waals surface area contributed by atoms with E-state index in [1.165, 1.54) is 0 Å². The smallest absolute Gasteiger partial charge is 0.326 e. The molecule has 0 amide bonds. The third-order valence-electron chi connectivity index (χ3n) is 3.67. The Kier molecular flexibility index (Phi) is 1.87. The van der Waals surface area contributed by atoms with Gasteiger partial charge in [0, 0.05) is 17.8 Å². The van der Waals surface area contributed by atoms with Crippen molar-refractivity contribution >= 4 is 11.7 Å². The molecule has 2 aliphatic heterocycles. The van der Waals surface area contributed by atoms with Gasteiger partial charge in [-0.15, -0.1) is 0 Å². The first-order chi connectivity index (χ1) is 7.66. The number of rotatable bonds is 2. The molecule has 2 saturated heterocycles. The fourth-order valence-electron chi connectivity index (χ4n) is 2.91. The fourth-order valence-corrected chi connectivity index (χ4v) is 2.91. The molecular weight excluding hydrogens is 206 g/mol. The minimum absolute atomic E-state index is 0.186. The lowest BCUT2D eigenvalue weighted by atomic mass is 9.83. The van der Waals surface area contributed by atoms with Gasteiger partial charge in [0.05, 0.1) is 0 Å². The van der Waals surface area contributed by atoms with Gasteiger partial charge in [0.15, 0.2) is 0 Å². The summed E-state index contributed by atoms with van der Waals surface area (Å²) in [6.07, 6.45) is 1.93. The van der Waals surface area contributed by atoms with E-state index in [1.807, 2.05) is 11.0 Å². The van der Waals surface area contributed by atoms with E-state index in [0.29, 0.717) is 6.04 Å². The van der Waals surface area contributed by atoms with Gasteiger partial charge >= 0.3 is 5.97 Å². The highest BCUT2D eigenvalue weighted by Crippen LogP contribution is 2.48. The lowest BCUT2D eigenvalue weighted by Crippen LogP contribution is -2.36. The van der Waals surface area contributed by atoms with Crippen molar-refractivity contribution in [3.63, 3.8) is 0 Å². The van der Waals surface area contributed by atoms with Gasteiger partial charge in [-0.3, -0.25) is 0 Å². The van der Waals surface area contributed by atoms with Crippen LogP contribution >= 0.6 is 0 Å². The van der Waals surface area contributed by atoms with Crippen LogP contribution in [0.1, 0.15) is 12.8 Å². The van der Waals surface area contributed by atoms with Crippen LogP contribution in [0.5, 0.6) is 5.75 Å². The molecule has 4 heteroatoms. The first-order valence-electron chi connectivity index (χ1n) is 5.47. The summed E-state index contributed by atoms with van der Waals surface area (Å²) >= 11 is 0. The number of aliphatic carboxylic acids is 1. The highest BCUT2D eigenvalue weighted by molar-refractivity contribution is 5.81. The molecule has 1 unspecified atom stereocenters. The topological polar surface area (TPSA) is 60.8 Å². The predicted octanol–water partition coefficient (Wildman–Crippen LogP) is 1.44. The summed E-state index contributed by atoms with van der Waals surface area (Å²) in [5.41, 5.74) is 0.817. The van der Waals surface area contributed by atoms with Crippen molar-refractivity contribution in [3.05, 3.63) is 24.3 Å². The fraction of sp³-hybridized carbons (Fsp3) is 0.417. The SMILES string of the molecule is O=C(O)C1C2CC(C2)N1c1cccc(O)c1. The molecule has 2 N–H and O–H groups in total. The maximum absolute atomic E-state index is 11.2. The number of carboxylic acids is 1. The number of nitrogens with zero attached hydrogens (tertiary/aromatic N) is 1. The van der Waals surface area contributed by atoms with E-state index in [4.69, 9.17) is 0 Å². The van der Waals surface area contributed by atoms with Crippen molar-refractivity contribution in [1.29, 1.82) is 0 Å². The van der Waals surface area contributed by atoms with Crippen LogP contribution in [0, 0.1) is 5.92 Å². The van der Waals surface area contributed by atoms with Crippen molar-refractivity contribution in [2.24, 2.45) is 5.92 Å². The molecule has 0 spiro atoms. The first kappa shape index (κ1) is 9.51. The van der Waals surface area contributed by atoms with Crippen molar-refractivity contribution < 1.29 is 15.0 Å². The molecule has 4 nitrogen and oxygen atoms in total. The Labute approximate surface area is 93.1 Å². The second-order valence-electron chi connectivity index (χ2n) is 4.60. The van der Waals surface area contributed by atoms with Gasteiger partial charge in [-0.1, -0.05) is 6.07 Å². The molecule has 1 aromatic carbocycles. The van der Waals surface area contributed by atoms with Crippen LogP contribution < -0.4 is 4.90 Å². The Morgan fingerprint density at radius 3 is 2.75 bits per heavy atom. The van der Waals surface area contributed by atoms with E-state index >= 15 is 0 Å². The van der Waals surface area contributed by atoms with Gasteiger partial charge in [-0.2, -0.15) is 0 Å². The molecule has 1 saturated carbocycles. The Morgan fingerprint density at radius 1 is 1.38 bits per heavy atom. The molecule has 4 rings (SSSR count). The Bertz CT molecular complexity index is 440. The zero-order valence-corrected chi connectivity index (χ0v) is 8.71. The molecule has 16 heavy (non-hydrogen) atoms. The summed E-state index contributed by atoms with van der Waals surface area (Å²) in [5.74, 6) is -0.288. The zero-order chi connectivity index (χ0) is 11.3. The lowest BCUT2D eigenvalue weighted by molar-refractivity contribution is -0.139.